The van der Waals surface area contributed by atoms with E-state index in [1.165, 1.54) is 0 Å². The summed E-state index contributed by atoms with van der Waals surface area (Å²) in [5.74, 6) is 0.671. The summed E-state index contributed by atoms with van der Waals surface area (Å²) in [5, 5.41) is 3.38. The average molecular weight is 394 g/mol. The summed E-state index contributed by atoms with van der Waals surface area (Å²) in [6.45, 7) is 8.67. The molecule has 1 N–H and O–H groups in total. The number of carbonyl (C=O) groups excluding carboxylic acids is 4. The molecule has 1 aliphatic heterocycles. The van der Waals surface area contributed by atoms with Crippen molar-refractivity contribution in [3.8, 4) is 12.3 Å². The molecule has 0 aromatic heterocycles. The van der Waals surface area contributed by atoms with E-state index in [1.54, 1.807) is 0 Å². The predicted molar refractivity (Wildman–Crippen MR) is 101 cm³/mol. The van der Waals surface area contributed by atoms with Crippen molar-refractivity contribution >= 4 is 23.7 Å². The minimum absolute atomic E-state index is 0.00663. The molecule has 0 bridgehead atoms. The monoisotopic (exact) mass is 394 g/mol. The number of hydrogen-bond acceptors (Lipinski definition) is 6. The lowest BCUT2D eigenvalue weighted by molar-refractivity contribution is -0.199. The number of ether oxygens (including phenoxy) is 1. The zero-order chi connectivity index (χ0) is 21.4. The van der Waals surface area contributed by atoms with Gasteiger partial charge >= 0.3 is 5.97 Å². The molecule has 1 fully saturated rings. The summed E-state index contributed by atoms with van der Waals surface area (Å²) < 4.78 is 5.75. The van der Waals surface area contributed by atoms with Gasteiger partial charge < -0.3 is 14.9 Å². The Morgan fingerprint density at radius 1 is 1.11 bits per heavy atom. The Morgan fingerprint density at radius 2 is 1.68 bits per heavy atom. The number of terminal acetylenes is 1. The van der Waals surface area contributed by atoms with E-state index in [0.29, 0.717) is 31.1 Å². The fourth-order valence-corrected chi connectivity index (χ4v) is 2.50. The van der Waals surface area contributed by atoms with Crippen molar-refractivity contribution in [2.24, 2.45) is 10.8 Å². The maximum atomic E-state index is 12.0. The van der Waals surface area contributed by atoms with Gasteiger partial charge in [0.15, 0.2) is 0 Å². The van der Waals surface area contributed by atoms with Crippen molar-refractivity contribution in [2.45, 2.75) is 59.8 Å². The van der Waals surface area contributed by atoms with E-state index < -0.39 is 23.2 Å². The van der Waals surface area contributed by atoms with Crippen molar-refractivity contribution in [1.82, 2.24) is 10.4 Å². The van der Waals surface area contributed by atoms with Crippen molar-refractivity contribution in [3.63, 3.8) is 0 Å². The molecule has 1 rings (SSSR count). The molecular formula is C20H30N2O6. The molecule has 1 heterocycles. The van der Waals surface area contributed by atoms with Crippen LogP contribution in [-0.4, -0.2) is 48.5 Å². The highest BCUT2D eigenvalue weighted by Crippen LogP contribution is 2.24. The molecule has 3 amide bonds. The van der Waals surface area contributed by atoms with Crippen LogP contribution in [0.3, 0.4) is 0 Å². The summed E-state index contributed by atoms with van der Waals surface area (Å²) >= 11 is 0. The zero-order valence-corrected chi connectivity index (χ0v) is 17.1. The summed E-state index contributed by atoms with van der Waals surface area (Å²) in [6, 6.07) is 0. The number of hydroxylamine groups is 2. The van der Waals surface area contributed by atoms with Crippen LogP contribution in [0.4, 0.5) is 0 Å². The van der Waals surface area contributed by atoms with Gasteiger partial charge in [-0.2, -0.15) is 0 Å². The number of nitrogens with zero attached hydrogens (tertiary/aromatic N) is 1. The molecule has 0 saturated carbocycles. The second-order valence-corrected chi connectivity index (χ2v) is 8.52. The van der Waals surface area contributed by atoms with Crippen molar-refractivity contribution < 1.29 is 28.8 Å². The number of nitrogens with one attached hydrogen (secondary N) is 1. The van der Waals surface area contributed by atoms with Crippen molar-refractivity contribution in [3.05, 3.63) is 0 Å². The first-order valence-electron chi connectivity index (χ1n) is 9.30. The van der Waals surface area contributed by atoms with Crippen LogP contribution in [0.5, 0.6) is 0 Å². The maximum Gasteiger partial charge on any atom is 0.333 e. The number of carbonyl (C=O) groups is 4. The smallest absolute Gasteiger partial charge is 0.333 e. The molecule has 28 heavy (non-hydrogen) atoms. The molecule has 8 nitrogen and oxygen atoms in total. The lowest BCUT2D eigenvalue weighted by atomic mass is 9.90. The van der Waals surface area contributed by atoms with E-state index in [4.69, 9.17) is 16.0 Å². The van der Waals surface area contributed by atoms with Gasteiger partial charge in [0.25, 0.3) is 11.8 Å². The van der Waals surface area contributed by atoms with E-state index in [-0.39, 0.29) is 37.2 Å². The zero-order valence-electron chi connectivity index (χ0n) is 17.1. The Bertz CT molecular complexity index is 632. The second-order valence-electron chi connectivity index (χ2n) is 8.52. The minimum Gasteiger partial charge on any atom is -0.380 e. The molecule has 156 valence electrons. The highest BCUT2D eigenvalue weighted by atomic mass is 16.7. The third-order valence-electron chi connectivity index (χ3n) is 4.07. The van der Waals surface area contributed by atoms with Gasteiger partial charge in [-0.1, -0.05) is 27.7 Å². The molecule has 8 heteroatoms. The lowest BCUT2D eigenvalue weighted by Gasteiger charge is -2.29. The third kappa shape index (κ3) is 8.53. The van der Waals surface area contributed by atoms with E-state index >= 15 is 0 Å². The Labute approximate surface area is 166 Å². The standard InChI is InChI=1S/C20H30N2O6/c1-6-7-8-15(23)21-12-20(4,5)14-27-13-19(2,3)11-18(26)28-22-16(24)9-10-17(22)25/h1H,7-14H2,2-5H3,(H,21,23). The Morgan fingerprint density at radius 3 is 2.25 bits per heavy atom. The lowest BCUT2D eigenvalue weighted by Crippen LogP contribution is -2.38. The Hall–Kier alpha value is -2.40. The quantitative estimate of drug-likeness (QED) is 0.422. The summed E-state index contributed by atoms with van der Waals surface area (Å²) in [7, 11) is 0. The van der Waals surface area contributed by atoms with Crippen LogP contribution < -0.4 is 5.32 Å². The molecule has 0 spiro atoms. The summed E-state index contributed by atoms with van der Waals surface area (Å²) in [5.41, 5.74) is -0.841. The van der Waals surface area contributed by atoms with Crippen molar-refractivity contribution in [1.29, 1.82) is 0 Å². The topological polar surface area (TPSA) is 102 Å². The van der Waals surface area contributed by atoms with E-state index in [0.717, 1.165) is 0 Å². The van der Waals surface area contributed by atoms with Gasteiger partial charge in [-0.25, -0.2) is 4.79 Å². The van der Waals surface area contributed by atoms with Crippen LogP contribution >= 0.6 is 0 Å². The van der Waals surface area contributed by atoms with Crippen LogP contribution in [0.1, 0.15) is 59.8 Å². The highest BCUT2D eigenvalue weighted by molar-refractivity contribution is 6.01. The fraction of sp³-hybridized carbons (Fsp3) is 0.700. The summed E-state index contributed by atoms with van der Waals surface area (Å²) in [6.07, 6.45) is 5.96. The van der Waals surface area contributed by atoms with Crippen LogP contribution in [-0.2, 0) is 28.8 Å². The number of amides is 3. The first-order valence-corrected chi connectivity index (χ1v) is 9.30. The van der Waals surface area contributed by atoms with Gasteiger partial charge in [0.05, 0.1) is 19.6 Å². The predicted octanol–water partition coefficient (Wildman–Crippen LogP) is 1.58. The molecule has 1 aliphatic rings. The molecule has 0 unspecified atom stereocenters. The van der Waals surface area contributed by atoms with Gasteiger partial charge in [-0.15, -0.1) is 17.4 Å². The van der Waals surface area contributed by atoms with Crippen LogP contribution in [0.2, 0.25) is 0 Å². The summed E-state index contributed by atoms with van der Waals surface area (Å²) in [4.78, 5) is 51.6. The molecule has 0 aromatic carbocycles. The van der Waals surface area contributed by atoms with Gasteiger partial charge in [0.1, 0.15) is 0 Å². The van der Waals surface area contributed by atoms with Crippen molar-refractivity contribution in [2.75, 3.05) is 19.8 Å². The largest absolute Gasteiger partial charge is 0.380 e. The van der Waals surface area contributed by atoms with Gasteiger partial charge in [0.2, 0.25) is 5.91 Å². The Balaban J connectivity index is 2.36. The number of imide groups is 1. The first kappa shape index (κ1) is 23.6. The number of hydrogen-bond donors (Lipinski definition) is 1. The number of rotatable bonds is 11. The van der Waals surface area contributed by atoms with E-state index in [9.17, 15) is 19.2 Å². The fourth-order valence-electron chi connectivity index (χ4n) is 2.50. The molecule has 0 aromatic rings. The van der Waals surface area contributed by atoms with Gasteiger partial charge in [0, 0.05) is 37.6 Å². The van der Waals surface area contributed by atoms with Crippen LogP contribution in [0.25, 0.3) is 0 Å². The molecular weight excluding hydrogens is 364 g/mol. The third-order valence-corrected chi connectivity index (χ3v) is 4.07. The van der Waals surface area contributed by atoms with E-state index in [1.807, 2.05) is 27.7 Å². The molecule has 1 saturated heterocycles. The second kappa shape index (κ2) is 10.2. The molecule has 0 radical (unpaired) electrons. The van der Waals surface area contributed by atoms with Crippen LogP contribution in [0.15, 0.2) is 0 Å². The minimum atomic E-state index is -0.655. The highest BCUT2D eigenvalue weighted by Gasteiger charge is 2.34. The van der Waals surface area contributed by atoms with Crippen LogP contribution in [0, 0.1) is 23.2 Å². The average Bonchev–Trinajstić information content (AvgIpc) is 2.89. The van der Waals surface area contributed by atoms with Gasteiger partial charge in [-0.3, -0.25) is 14.4 Å². The first-order chi connectivity index (χ1) is 13.0. The van der Waals surface area contributed by atoms with E-state index in [2.05, 4.69) is 11.2 Å². The molecule has 0 atom stereocenters. The normalized spacial score (nSPS) is 14.8. The Kier molecular flexibility index (Phi) is 8.64. The van der Waals surface area contributed by atoms with Gasteiger partial charge in [-0.05, 0) is 5.41 Å². The SMILES string of the molecule is C#CCCC(=O)NCC(C)(C)COCC(C)(C)CC(=O)ON1C(=O)CCC1=O. The maximum absolute atomic E-state index is 12.0. The molecule has 0 aliphatic carbocycles.